The molecule has 4 nitrogen and oxygen atoms in total. The van der Waals surface area contributed by atoms with Gasteiger partial charge in [-0.25, -0.2) is 4.98 Å². The molecular formula is C24H37Cl2N4P. The zero-order valence-electron chi connectivity index (χ0n) is 19.6. The lowest BCUT2D eigenvalue weighted by Crippen LogP contribution is -2.38. The van der Waals surface area contributed by atoms with Gasteiger partial charge in [0.25, 0.3) is 0 Å². The number of hydrogen-bond donors (Lipinski definition) is 1. The van der Waals surface area contributed by atoms with E-state index < -0.39 is 7.92 Å². The Hall–Kier alpha value is -0.510. The van der Waals surface area contributed by atoms with Gasteiger partial charge in [0.15, 0.2) is 0 Å². The number of likely N-dealkylation sites (tertiary alicyclic amines) is 1. The van der Waals surface area contributed by atoms with Gasteiger partial charge in [-0.15, -0.1) is 0 Å². The van der Waals surface area contributed by atoms with Crippen molar-refractivity contribution in [1.82, 2.24) is 15.2 Å². The van der Waals surface area contributed by atoms with Crippen molar-refractivity contribution in [2.45, 2.75) is 64.1 Å². The Morgan fingerprint density at radius 3 is 2.68 bits per heavy atom. The van der Waals surface area contributed by atoms with Crippen molar-refractivity contribution in [1.29, 1.82) is 0 Å². The highest BCUT2D eigenvalue weighted by Crippen LogP contribution is 2.60. The first-order valence-electron chi connectivity index (χ1n) is 11.4. The SMILES string of the molecule is CNCCCCc1cnc(Cl)cc1P(C1=CC(Cl)=NCC1C1CCCN1C)C(C)(C)C. The lowest BCUT2D eigenvalue weighted by Gasteiger charge is -2.41. The van der Waals surface area contributed by atoms with Crippen molar-refractivity contribution < 1.29 is 0 Å². The first kappa shape index (κ1) is 25.1. The maximum Gasteiger partial charge on any atom is 0.129 e. The summed E-state index contributed by atoms with van der Waals surface area (Å²) in [6.07, 6.45) is 9.99. The molecule has 2 aliphatic heterocycles. The zero-order valence-corrected chi connectivity index (χ0v) is 22.0. The fraction of sp³-hybridized carbons (Fsp3) is 0.667. The molecule has 0 saturated carbocycles. The number of rotatable bonds is 8. The smallest absolute Gasteiger partial charge is 0.129 e. The predicted octanol–water partition coefficient (Wildman–Crippen LogP) is 5.43. The summed E-state index contributed by atoms with van der Waals surface area (Å²) in [6.45, 7) is 10.1. The van der Waals surface area contributed by atoms with Crippen LogP contribution in [0.4, 0.5) is 0 Å². The van der Waals surface area contributed by atoms with Crippen LogP contribution in [0.25, 0.3) is 0 Å². The molecule has 1 fully saturated rings. The van der Waals surface area contributed by atoms with Gasteiger partial charge in [-0.3, -0.25) is 4.99 Å². The molecule has 172 valence electrons. The van der Waals surface area contributed by atoms with E-state index in [0.29, 0.717) is 22.3 Å². The van der Waals surface area contributed by atoms with Crippen LogP contribution in [0.2, 0.25) is 5.15 Å². The number of hydrogen-bond acceptors (Lipinski definition) is 4. The number of dihydropyridines is 1. The Bertz CT molecular complexity index is 818. The molecule has 1 aromatic heterocycles. The van der Waals surface area contributed by atoms with Crippen LogP contribution in [-0.4, -0.2) is 60.0 Å². The van der Waals surface area contributed by atoms with Gasteiger partial charge in [0, 0.05) is 24.7 Å². The van der Waals surface area contributed by atoms with Gasteiger partial charge in [-0.2, -0.15) is 0 Å². The summed E-state index contributed by atoms with van der Waals surface area (Å²) in [5, 5.41) is 7.39. The molecule has 3 heterocycles. The molecule has 0 radical (unpaired) electrons. The highest BCUT2D eigenvalue weighted by molar-refractivity contribution is 7.71. The first-order chi connectivity index (χ1) is 14.7. The quantitative estimate of drug-likeness (QED) is 0.305. The van der Waals surface area contributed by atoms with E-state index in [1.807, 2.05) is 13.2 Å². The van der Waals surface area contributed by atoms with Crippen LogP contribution in [0, 0.1) is 5.92 Å². The maximum atomic E-state index is 6.52. The minimum Gasteiger partial charge on any atom is -0.320 e. The van der Waals surface area contributed by atoms with Gasteiger partial charge in [-0.1, -0.05) is 44.0 Å². The van der Waals surface area contributed by atoms with Gasteiger partial charge >= 0.3 is 0 Å². The second kappa shape index (κ2) is 11.1. The first-order valence-corrected chi connectivity index (χ1v) is 13.5. The molecule has 0 bridgehead atoms. The molecule has 2 aliphatic rings. The molecule has 0 amide bonds. The summed E-state index contributed by atoms with van der Waals surface area (Å²) in [7, 11) is 3.62. The highest BCUT2D eigenvalue weighted by Gasteiger charge is 2.40. The van der Waals surface area contributed by atoms with Gasteiger partial charge in [0.1, 0.15) is 10.3 Å². The average molecular weight is 483 g/mol. The summed E-state index contributed by atoms with van der Waals surface area (Å²) in [6, 6.07) is 2.66. The molecule has 0 aromatic carbocycles. The van der Waals surface area contributed by atoms with Gasteiger partial charge < -0.3 is 10.2 Å². The summed E-state index contributed by atoms with van der Waals surface area (Å²) in [5.74, 6) is 0.407. The summed E-state index contributed by atoms with van der Waals surface area (Å²) >= 11 is 13.0. The van der Waals surface area contributed by atoms with E-state index in [1.54, 1.807) is 0 Å². The van der Waals surface area contributed by atoms with Crippen molar-refractivity contribution in [3.8, 4) is 0 Å². The number of aromatic nitrogens is 1. The number of halogens is 2. The largest absolute Gasteiger partial charge is 0.320 e. The van der Waals surface area contributed by atoms with Crippen LogP contribution in [0.5, 0.6) is 0 Å². The number of nitrogens with zero attached hydrogens (tertiary/aromatic N) is 3. The molecule has 3 rings (SSSR count). The second-order valence-electron chi connectivity index (χ2n) is 9.73. The number of allylic oxidation sites excluding steroid dienone is 1. The van der Waals surface area contributed by atoms with Crippen LogP contribution in [0.1, 0.15) is 52.0 Å². The van der Waals surface area contributed by atoms with E-state index in [-0.39, 0.29) is 5.16 Å². The third kappa shape index (κ3) is 6.30. The normalized spacial score (nSPS) is 23.6. The molecule has 0 spiro atoms. The molecule has 3 unspecified atom stereocenters. The van der Waals surface area contributed by atoms with Crippen LogP contribution in [-0.2, 0) is 6.42 Å². The van der Waals surface area contributed by atoms with Gasteiger partial charge in [-0.05, 0) is 101 Å². The van der Waals surface area contributed by atoms with Crippen LogP contribution >= 0.6 is 31.1 Å². The second-order valence-corrected chi connectivity index (χ2v) is 13.5. The minimum absolute atomic E-state index is 0.0789. The fourth-order valence-corrected chi connectivity index (χ4v) is 8.72. The van der Waals surface area contributed by atoms with Crippen LogP contribution in [0.3, 0.4) is 0 Å². The Kier molecular flexibility index (Phi) is 8.97. The Morgan fingerprint density at radius 2 is 2.03 bits per heavy atom. The van der Waals surface area contributed by atoms with Crippen molar-refractivity contribution in [3.63, 3.8) is 0 Å². The lowest BCUT2D eigenvalue weighted by atomic mass is 9.95. The number of aryl methyl sites for hydroxylation is 1. The average Bonchev–Trinajstić information content (AvgIpc) is 3.11. The summed E-state index contributed by atoms with van der Waals surface area (Å²) < 4.78 is 0. The van der Waals surface area contributed by atoms with E-state index in [9.17, 15) is 0 Å². The molecule has 1 aromatic rings. The number of aliphatic imine (C=N–C) groups is 1. The highest BCUT2D eigenvalue weighted by atomic mass is 35.5. The van der Waals surface area contributed by atoms with Crippen LogP contribution in [0.15, 0.2) is 28.6 Å². The van der Waals surface area contributed by atoms with Crippen molar-refractivity contribution in [2.75, 3.05) is 33.7 Å². The third-order valence-electron chi connectivity index (χ3n) is 6.35. The van der Waals surface area contributed by atoms with Crippen molar-refractivity contribution in [3.05, 3.63) is 34.4 Å². The molecule has 1 saturated heterocycles. The van der Waals surface area contributed by atoms with Gasteiger partial charge in [0.05, 0.1) is 0 Å². The molecule has 3 atom stereocenters. The number of nitrogens with one attached hydrogen (secondary N) is 1. The minimum atomic E-state index is -0.648. The van der Waals surface area contributed by atoms with E-state index in [0.717, 1.165) is 38.9 Å². The van der Waals surface area contributed by atoms with E-state index in [2.05, 4.69) is 60.2 Å². The van der Waals surface area contributed by atoms with Gasteiger partial charge in [0.2, 0.25) is 0 Å². The van der Waals surface area contributed by atoms with E-state index in [4.69, 9.17) is 23.2 Å². The molecule has 0 aliphatic carbocycles. The van der Waals surface area contributed by atoms with Crippen molar-refractivity contribution >= 4 is 41.6 Å². The Labute approximate surface area is 199 Å². The van der Waals surface area contributed by atoms with E-state index in [1.165, 1.54) is 29.0 Å². The maximum absolute atomic E-state index is 6.52. The zero-order chi connectivity index (χ0) is 22.6. The molecular weight excluding hydrogens is 446 g/mol. The predicted molar refractivity (Wildman–Crippen MR) is 138 cm³/mol. The summed E-state index contributed by atoms with van der Waals surface area (Å²) in [4.78, 5) is 11.6. The number of pyridine rings is 1. The number of unbranched alkanes of at least 4 members (excludes halogenated alkanes) is 1. The summed E-state index contributed by atoms with van der Waals surface area (Å²) in [5.41, 5.74) is 1.33. The third-order valence-corrected chi connectivity index (χ3v) is 10.0. The van der Waals surface area contributed by atoms with Crippen LogP contribution < -0.4 is 10.6 Å². The monoisotopic (exact) mass is 482 g/mol. The fourth-order valence-electron chi connectivity index (χ4n) is 4.90. The molecule has 31 heavy (non-hydrogen) atoms. The van der Waals surface area contributed by atoms with Crippen molar-refractivity contribution in [2.24, 2.45) is 10.9 Å². The van der Waals surface area contributed by atoms with E-state index >= 15 is 0 Å². The lowest BCUT2D eigenvalue weighted by molar-refractivity contribution is 0.256. The molecule has 1 N–H and O–H groups in total. The topological polar surface area (TPSA) is 40.5 Å². The molecule has 7 heteroatoms. The Morgan fingerprint density at radius 1 is 1.26 bits per heavy atom. The Balaban J connectivity index is 2.03. The standard InChI is InChI=1S/C24H37Cl2N4P/c1-24(2,3)31(20-13-22(25)28-15-17(20)9-6-7-11-27-4)21-14-23(26)29-16-18(21)19-10-8-12-30(19)5/h13-15,18-19,27H,6-12,16H2,1-5H3.